The molecule has 276 valence electrons. The van der Waals surface area contributed by atoms with E-state index in [4.69, 9.17) is 14.5 Å². The summed E-state index contributed by atoms with van der Waals surface area (Å²) in [5.41, 5.74) is 6.11. The van der Waals surface area contributed by atoms with Crippen LogP contribution in [0.2, 0.25) is 0 Å². The molecule has 0 unspecified atom stereocenters. The van der Waals surface area contributed by atoms with Gasteiger partial charge in [-0.05, 0) is 52.8 Å². The monoisotopic (exact) mass is 761 g/mol. The summed E-state index contributed by atoms with van der Waals surface area (Å²) in [5.74, 6) is -1.91. The molecule has 3 heterocycles. The minimum atomic E-state index is -5.03. The van der Waals surface area contributed by atoms with Crippen molar-refractivity contribution in [1.82, 2.24) is 15.2 Å². The predicted molar refractivity (Wildman–Crippen MR) is 198 cm³/mol. The van der Waals surface area contributed by atoms with Crippen LogP contribution in [0.3, 0.4) is 0 Å². The summed E-state index contributed by atoms with van der Waals surface area (Å²) >= 11 is 3.33. The number of thioether (sulfide) groups is 1. The van der Waals surface area contributed by atoms with E-state index >= 15 is 0 Å². The molecule has 13 heteroatoms. The number of thiazole rings is 1. The third-order valence-corrected chi connectivity index (χ3v) is 12.1. The van der Waals surface area contributed by atoms with Gasteiger partial charge in [-0.1, -0.05) is 104 Å². The van der Waals surface area contributed by atoms with E-state index in [1.165, 1.54) is 0 Å². The molecule has 0 saturated carbocycles. The molecular weight excluding hydrogens is 724 g/mol. The first kappa shape index (κ1) is 37.1. The Labute approximate surface area is 313 Å². The maximum absolute atomic E-state index is 13.1. The van der Waals surface area contributed by atoms with Crippen LogP contribution in [0, 0.1) is 5.92 Å². The third kappa shape index (κ3) is 8.29. The molecule has 2 amide bonds. The number of aromatic nitrogens is 1. The Balaban J connectivity index is 1.07. The molecule has 2 aliphatic heterocycles. The van der Waals surface area contributed by atoms with Crippen LogP contribution in [0.1, 0.15) is 54.4 Å². The summed E-state index contributed by atoms with van der Waals surface area (Å²) in [4.78, 5) is 30.3. The lowest BCUT2D eigenvalue weighted by Gasteiger charge is -2.41. The number of aliphatic hydroxyl groups excluding tert-OH is 1. The molecule has 5 atom stereocenters. The Morgan fingerprint density at radius 2 is 1.68 bits per heavy atom. The number of benzene rings is 4. The zero-order valence-corrected chi connectivity index (χ0v) is 30.4. The highest BCUT2D eigenvalue weighted by atomic mass is 32.2. The van der Waals surface area contributed by atoms with Gasteiger partial charge in [-0.2, -0.15) is 13.2 Å². The molecular formula is C40H38F3N3O5S2. The number of carbonyl (C=O) groups is 2. The van der Waals surface area contributed by atoms with Crippen molar-refractivity contribution in [2.45, 2.75) is 68.0 Å². The number of halogens is 3. The maximum atomic E-state index is 13.1. The van der Waals surface area contributed by atoms with Gasteiger partial charge in [-0.25, -0.2) is 4.98 Å². The molecule has 8 nitrogen and oxygen atoms in total. The van der Waals surface area contributed by atoms with Gasteiger partial charge in [0.05, 0.1) is 29.0 Å². The van der Waals surface area contributed by atoms with Crippen LogP contribution in [-0.2, 0) is 32.2 Å². The van der Waals surface area contributed by atoms with E-state index in [1.54, 1.807) is 23.1 Å². The van der Waals surface area contributed by atoms with Crippen LogP contribution in [0.4, 0.5) is 13.2 Å². The SMILES string of the molecule is C[C@@H]1[C@H](CSc2nc3ccccc3s2)O[C@H](c2ccc(-c3ccccc3CNC(=O)[C@@H]3CCCN3C(=O)C(F)(F)F)cc2)O[C@@H]1c1ccc(CO)cc1. The number of fused-ring (bicyclic) bond motifs is 1. The molecule has 0 aliphatic carbocycles. The van der Waals surface area contributed by atoms with Crippen molar-refractivity contribution in [3.8, 4) is 11.1 Å². The molecule has 5 aromatic rings. The lowest BCUT2D eigenvalue weighted by molar-refractivity contribution is -0.268. The first-order chi connectivity index (χ1) is 25.6. The minimum Gasteiger partial charge on any atom is -0.392 e. The largest absolute Gasteiger partial charge is 0.471 e. The van der Waals surface area contributed by atoms with Gasteiger partial charge in [0, 0.05) is 30.3 Å². The van der Waals surface area contributed by atoms with Crippen LogP contribution >= 0.6 is 23.1 Å². The number of nitrogens with one attached hydrogen (secondary N) is 1. The molecule has 2 fully saturated rings. The molecule has 2 aliphatic rings. The fourth-order valence-corrected chi connectivity index (χ4v) is 9.16. The second-order valence-corrected chi connectivity index (χ2v) is 15.5. The molecule has 0 radical (unpaired) electrons. The normalized spacial score (nSPS) is 21.9. The van der Waals surface area contributed by atoms with E-state index in [0.717, 1.165) is 47.9 Å². The highest BCUT2D eigenvalue weighted by Gasteiger charge is 2.47. The molecule has 1 aromatic heterocycles. The molecule has 0 bridgehead atoms. The van der Waals surface area contributed by atoms with Crippen LogP contribution in [0.25, 0.3) is 21.3 Å². The average molecular weight is 762 g/mol. The van der Waals surface area contributed by atoms with E-state index in [9.17, 15) is 27.9 Å². The summed E-state index contributed by atoms with van der Waals surface area (Å²) in [7, 11) is 0. The Hall–Kier alpha value is -4.27. The fourth-order valence-electron chi connectivity index (χ4n) is 6.90. The lowest BCUT2D eigenvalue weighted by Crippen LogP contribution is -2.50. The minimum absolute atomic E-state index is 0.0114. The second-order valence-electron chi connectivity index (χ2n) is 13.2. The zero-order valence-electron chi connectivity index (χ0n) is 28.8. The molecule has 4 aromatic carbocycles. The fraction of sp³-hybridized carbons (Fsp3) is 0.325. The van der Waals surface area contributed by atoms with Crippen molar-refractivity contribution in [2.75, 3.05) is 12.3 Å². The van der Waals surface area contributed by atoms with Crippen molar-refractivity contribution >= 4 is 45.1 Å². The Kier molecular flexibility index (Phi) is 11.2. The van der Waals surface area contributed by atoms with Gasteiger partial charge < -0.3 is 24.8 Å². The van der Waals surface area contributed by atoms with Gasteiger partial charge in [0.1, 0.15) is 6.04 Å². The van der Waals surface area contributed by atoms with Gasteiger partial charge in [-0.3, -0.25) is 9.59 Å². The Morgan fingerprint density at radius 3 is 2.42 bits per heavy atom. The summed E-state index contributed by atoms with van der Waals surface area (Å²) in [6.45, 7) is 2.06. The van der Waals surface area contributed by atoms with Crippen LogP contribution in [0.15, 0.2) is 101 Å². The van der Waals surface area contributed by atoms with Gasteiger partial charge in [0.15, 0.2) is 10.6 Å². The van der Waals surface area contributed by atoms with Crippen molar-refractivity contribution in [3.05, 3.63) is 119 Å². The van der Waals surface area contributed by atoms with E-state index in [2.05, 4.69) is 18.3 Å². The molecule has 2 saturated heterocycles. The number of ether oxygens (including phenoxy) is 2. The van der Waals surface area contributed by atoms with E-state index in [-0.39, 0.29) is 44.2 Å². The van der Waals surface area contributed by atoms with E-state index < -0.39 is 30.3 Å². The van der Waals surface area contributed by atoms with E-state index in [0.29, 0.717) is 17.1 Å². The van der Waals surface area contributed by atoms with Crippen molar-refractivity contribution in [1.29, 1.82) is 0 Å². The van der Waals surface area contributed by atoms with Crippen LogP contribution in [0.5, 0.6) is 0 Å². The number of alkyl halides is 3. The number of likely N-dealkylation sites (tertiary alicyclic amines) is 1. The number of amides is 2. The summed E-state index contributed by atoms with van der Waals surface area (Å²) in [6, 6.07) is 30.0. The smallest absolute Gasteiger partial charge is 0.392 e. The quantitative estimate of drug-likeness (QED) is 0.139. The van der Waals surface area contributed by atoms with E-state index in [1.807, 2.05) is 91.0 Å². The van der Waals surface area contributed by atoms with Gasteiger partial charge in [0.25, 0.3) is 0 Å². The first-order valence-corrected chi connectivity index (χ1v) is 19.2. The summed E-state index contributed by atoms with van der Waals surface area (Å²) in [6.07, 6.45) is -5.62. The Morgan fingerprint density at radius 1 is 0.962 bits per heavy atom. The van der Waals surface area contributed by atoms with Gasteiger partial charge in [0.2, 0.25) is 5.91 Å². The number of carbonyl (C=O) groups excluding carboxylic acids is 2. The maximum Gasteiger partial charge on any atom is 0.471 e. The van der Waals surface area contributed by atoms with Crippen molar-refractivity contribution in [3.63, 3.8) is 0 Å². The highest BCUT2D eigenvalue weighted by molar-refractivity contribution is 8.01. The van der Waals surface area contributed by atoms with Crippen LogP contribution in [-0.4, -0.2) is 57.4 Å². The molecule has 53 heavy (non-hydrogen) atoms. The van der Waals surface area contributed by atoms with Crippen LogP contribution < -0.4 is 5.32 Å². The number of para-hydroxylation sites is 1. The summed E-state index contributed by atoms with van der Waals surface area (Å²) < 4.78 is 54.8. The number of rotatable bonds is 10. The highest BCUT2D eigenvalue weighted by Crippen LogP contribution is 2.44. The standard InChI is InChI=1S/C40H38F3N3O5S2/c1-24-33(23-52-39-45-31-9-4-5-11-34(31)53-39)50-37(51-35(24)27-14-12-25(22-47)13-15-27)28-18-16-26(17-19-28)30-8-3-2-7-29(30)21-44-36(48)32-10-6-20-46(32)38(49)40(41,42)43/h2-5,7-9,11-19,24,32-33,35,37,47H,6,10,20-23H2,1H3,(H,44,48)/t24-,32+,33+,35+,37+/m1/s1. The second kappa shape index (κ2) is 16.0. The van der Waals surface area contributed by atoms with Gasteiger partial charge >= 0.3 is 12.1 Å². The molecule has 0 spiro atoms. The zero-order chi connectivity index (χ0) is 37.1. The van der Waals surface area contributed by atoms with Crippen molar-refractivity contribution in [2.24, 2.45) is 5.92 Å². The average Bonchev–Trinajstić information content (AvgIpc) is 3.84. The molecule has 2 N–H and O–H groups in total. The number of hydrogen-bond donors (Lipinski definition) is 2. The first-order valence-electron chi connectivity index (χ1n) is 17.4. The third-order valence-electron chi connectivity index (χ3n) is 9.79. The van der Waals surface area contributed by atoms with Crippen molar-refractivity contribution < 1.29 is 37.3 Å². The topological polar surface area (TPSA) is 101 Å². The van der Waals surface area contributed by atoms with Gasteiger partial charge in [-0.15, -0.1) is 11.3 Å². The molecule has 7 rings (SSSR count). The lowest BCUT2D eigenvalue weighted by atomic mass is 9.91. The number of nitrogens with zero attached hydrogens (tertiary/aromatic N) is 2. The summed E-state index contributed by atoms with van der Waals surface area (Å²) in [5, 5.41) is 12.4. The number of aliphatic hydroxyl groups is 1. The number of hydrogen-bond acceptors (Lipinski definition) is 8. The predicted octanol–water partition coefficient (Wildman–Crippen LogP) is 8.21. The Bertz CT molecular complexity index is 2020.